The third-order valence-electron chi connectivity index (χ3n) is 3.96. The molecule has 0 saturated heterocycles. The highest BCUT2D eigenvalue weighted by Crippen LogP contribution is 2.25. The Kier molecular flexibility index (Phi) is 4.61. The number of rotatable bonds is 5. The van der Waals surface area contributed by atoms with E-state index in [2.05, 4.69) is 60.9 Å². The number of imidazole rings is 1. The average molecular weight is 271 g/mol. The third kappa shape index (κ3) is 2.93. The number of aromatic nitrogens is 2. The maximum absolute atomic E-state index is 4.50. The molecule has 0 fully saturated rings. The highest BCUT2D eigenvalue weighted by Gasteiger charge is 2.17. The van der Waals surface area contributed by atoms with Crippen LogP contribution >= 0.6 is 0 Å². The Morgan fingerprint density at radius 1 is 1.20 bits per heavy atom. The summed E-state index contributed by atoms with van der Waals surface area (Å²) in [6, 6.07) is 4.83. The second-order valence-corrected chi connectivity index (χ2v) is 5.49. The number of hydrogen-bond donors (Lipinski definition) is 1. The Hall–Kier alpha value is -1.61. The summed E-state index contributed by atoms with van der Waals surface area (Å²) >= 11 is 0. The molecule has 3 heteroatoms. The fraction of sp³-hybridized carbons (Fsp3) is 0.471. The molecule has 1 aromatic carbocycles. The molecule has 0 aliphatic heterocycles. The van der Waals surface area contributed by atoms with E-state index in [-0.39, 0.29) is 0 Å². The summed E-state index contributed by atoms with van der Waals surface area (Å²) in [7, 11) is 2.03. The van der Waals surface area contributed by atoms with Crippen molar-refractivity contribution in [3.8, 4) is 0 Å². The summed E-state index contributed by atoms with van der Waals surface area (Å²) < 4.78 is 2.21. The summed E-state index contributed by atoms with van der Waals surface area (Å²) in [4.78, 5) is 4.50. The normalized spacial score (nSPS) is 12.7. The van der Waals surface area contributed by atoms with Crippen LogP contribution in [0, 0.1) is 20.8 Å². The van der Waals surface area contributed by atoms with Crippen LogP contribution in [0.5, 0.6) is 0 Å². The van der Waals surface area contributed by atoms with E-state index < -0.39 is 0 Å². The fourth-order valence-corrected chi connectivity index (χ4v) is 3.09. The molecule has 1 unspecified atom stereocenters. The molecule has 0 saturated carbocycles. The van der Waals surface area contributed by atoms with E-state index in [0.717, 1.165) is 18.8 Å². The van der Waals surface area contributed by atoms with Gasteiger partial charge in [0.25, 0.3) is 0 Å². The zero-order chi connectivity index (χ0) is 14.7. The van der Waals surface area contributed by atoms with Crippen LogP contribution in [-0.2, 0) is 13.0 Å². The summed E-state index contributed by atoms with van der Waals surface area (Å²) in [6.45, 7) is 9.68. The molecule has 0 bridgehead atoms. The zero-order valence-electron chi connectivity index (χ0n) is 13.2. The van der Waals surface area contributed by atoms with Crippen molar-refractivity contribution in [2.45, 2.75) is 46.7 Å². The second-order valence-electron chi connectivity index (χ2n) is 5.49. The van der Waals surface area contributed by atoms with E-state index in [1.807, 2.05) is 13.2 Å². The van der Waals surface area contributed by atoms with Gasteiger partial charge in [0, 0.05) is 31.4 Å². The van der Waals surface area contributed by atoms with Crippen molar-refractivity contribution in [2.24, 2.45) is 0 Å². The van der Waals surface area contributed by atoms with Crippen molar-refractivity contribution >= 4 is 0 Å². The first-order valence-electron chi connectivity index (χ1n) is 7.31. The topological polar surface area (TPSA) is 29.9 Å². The Morgan fingerprint density at radius 3 is 2.40 bits per heavy atom. The maximum Gasteiger partial charge on any atom is 0.110 e. The first-order chi connectivity index (χ1) is 9.56. The standard InChI is InChI=1S/C17H25N3/c1-6-20-8-7-19-16(20)11-15(18-5)17-13(3)9-12(2)10-14(17)4/h7-10,15,18H,6,11H2,1-5H3. The molecule has 20 heavy (non-hydrogen) atoms. The lowest BCUT2D eigenvalue weighted by Crippen LogP contribution is -2.22. The van der Waals surface area contributed by atoms with E-state index in [9.17, 15) is 0 Å². The minimum atomic E-state index is 0.309. The summed E-state index contributed by atoms with van der Waals surface area (Å²) in [6.07, 6.45) is 4.86. The predicted molar refractivity (Wildman–Crippen MR) is 84.1 cm³/mol. The maximum atomic E-state index is 4.50. The van der Waals surface area contributed by atoms with Gasteiger partial charge in [-0.2, -0.15) is 0 Å². The molecule has 0 aliphatic rings. The molecule has 0 aliphatic carbocycles. The quantitative estimate of drug-likeness (QED) is 0.904. The minimum absolute atomic E-state index is 0.309. The first kappa shape index (κ1) is 14.8. The first-order valence-corrected chi connectivity index (χ1v) is 7.31. The van der Waals surface area contributed by atoms with Crippen molar-refractivity contribution in [1.82, 2.24) is 14.9 Å². The number of nitrogens with zero attached hydrogens (tertiary/aromatic N) is 2. The van der Waals surface area contributed by atoms with Crippen LogP contribution in [0.15, 0.2) is 24.5 Å². The third-order valence-corrected chi connectivity index (χ3v) is 3.96. The zero-order valence-corrected chi connectivity index (χ0v) is 13.2. The van der Waals surface area contributed by atoms with Crippen LogP contribution in [0.4, 0.5) is 0 Å². The second kappa shape index (κ2) is 6.23. The highest BCUT2D eigenvalue weighted by molar-refractivity contribution is 5.40. The van der Waals surface area contributed by atoms with Crippen molar-refractivity contribution < 1.29 is 0 Å². The molecule has 0 radical (unpaired) electrons. The molecular formula is C17H25N3. The largest absolute Gasteiger partial charge is 0.335 e. The summed E-state index contributed by atoms with van der Waals surface area (Å²) in [5.74, 6) is 1.14. The fourth-order valence-electron chi connectivity index (χ4n) is 3.09. The lowest BCUT2D eigenvalue weighted by molar-refractivity contribution is 0.548. The van der Waals surface area contributed by atoms with Gasteiger partial charge < -0.3 is 9.88 Å². The van der Waals surface area contributed by atoms with Gasteiger partial charge in [-0.3, -0.25) is 0 Å². The van der Waals surface area contributed by atoms with Crippen molar-refractivity contribution in [3.63, 3.8) is 0 Å². The molecule has 0 amide bonds. The Balaban J connectivity index is 2.34. The Bertz CT molecular complexity index is 561. The van der Waals surface area contributed by atoms with Crippen molar-refractivity contribution in [3.05, 3.63) is 52.6 Å². The lowest BCUT2D eigenvalue weighted by Gasteiger charge is -2.22. The van der Waals surface area contributed by atoms with Crippen LogP contribution in [0.2, 0.25) is 0 Å². The SMILES string of the molecule is CCn1ccnc1CC(NC)c1c(C)cc(C)cc1C. The van der Waals surface area contributed by atoms with Gasteiger partial charge in [0.2, 0.25) is 0 Å². The molecule has 1 heterocycles. The van der Waals surface area contributed by atoms with Gasteiger partial charge in [0.1, 0.15) is 5.82 Å². The van der Waals surface area contributed by atoms with E-state index in [4.69, 9.17) is 0 Å². The van der Waals surface area contributed by atoms with Crippen molar-refractivity contribution in [2.75, 3.05) is 7.05 Å². The van der Waals surface area contributed by atoms with Gasteiger partial charge in [-0.1, -0.05) is 17.7 Å². The Morgan fingerprint density at radius 2 is 1.85 bits per heavy atom. The van der Waals surface area contributed by atoms with Crippen LogP contribution in [-0.4, -0.2) is 16.6 Å². The van der Waals surface area contributed by atoms with Gasteiger partial charge in [0.15, 0.2) is 0 Å². The van der Waals surface area contributed by atoms with Crippen LogP contribution in [0.25, 0.3) is 0 Å². The summed E-state index contributed by atoms with van der Waals surface area (Å²) in [5.41, 5.74) is 5.45. The van der Waals surface area contributed by atoms with Gasteiger partial charge in [-0.15, -0.1) is 0 Å². The molecule has 1 N–H and O–H groups in total. The number of likely N-dealkylation sites (N-methyl/N-ethyl adjacent to an activating group) is 1. The molecular weight excluding hydrogens is 246 g/mol. The van der Waals surface area contributed by atoms with Crippen molar-refractivity contribution in [1.29, 1.82) is 0 Å². The molecule has 2 rings (SSSR count). The average Bonchev–Trinajstić information content (AvgIpc) is 2.83. The highest BCUT2D eigenvalue weighted by atomic mass is 15.1. The molecule has 108 valence electrons. The predicted octanol–water partition coefficient (Wildman–Crippen LogP) is 3.33. The van der Waals surface area contributed by atoms with E-state index >= 15 is 0 Å². The molecule has 1 atom stereocenters. The molecule has 1 aromatic heterocycles. The monoisotopic (exact) mass is 271 g/mol. The number of benzene rings is 1. The minimum Gasteiger partial charge on any atom is -0.335 e. The lowest BCUT2D eigenvalue weighted by atomic mass is 9.92. The number of nitrogens with one attached hydrogen (secondary N) is 1. The van der Waals surface area contributed by atoms with Crippen LogP contribution in [0.1, 0.15) is 41.0 Å². The smallest absolute Gasteiger partial charge is 0.110 e. The molecule has 0 spiro atoms. The Labute approximate surface area is 122 Å². The van der Waals surface area contributed by atoms with E-state index in [1.165, 1.54) is 22.3 Å². The molecule has 2 aromatic rings. The van der Waals surface area contributed by atoms with E-state index in [0.29, 0.717) is 6.04 Å². The van der Waals surface area contributed by atoms with Crippen LogP contribution in [0.3, 0.4) is 0 Å². The van der Waals surface area contributed by atoms with Gasteiger partial charge >= 0.3 is 0 Å². The van der Waals surface area contributed by atoms with Gasteiger partial charge in [-0.05, 0) is 51.4 Å². The number of hydrogen-bond acceptors (Lipinski definition) is 2. The van der Waals surface area contributed by atoms with Crippen LogP contribution < -0.4 is 5.32 Å². The molecule has 3 nitrogen and oxygen atoms in total. The van der Waals surface area contributed by atoms with Gasteiger partial charge in [0.05, 0.1) is 0 Å². The van der Waals surface area contributed by atoms with Gasteiger partial charge in [-0.25, -0.2) is 4.98 Å². The van der Waals surface area contributed by atoms with E-state index in [1.54, 1.807) is 0 Å². The summed E-state index contributed by atoms with van der Waals surface area (Å²) in [5, 5.41) is 3.46. The number of aryl methyl sites for hydroxylation is 4.